The van der Waals surface area contributed by atoms with Gasteiger partial charge in [-0.15, -0.1) is 0 Å². The fourth-order valence-electron chi connectivity index (χ4n) is 1.88. The molecule has 0 spiro atoms. The van der Waals surface area contributed by atoms with Crippen LogP contribution in [0.1, 0.15) is 11.1 Å². The number of nitrogens with two attached hydrogens (primary N) is 1. The first-order valence-electron chi connectivity index (χ1n) is 6.80. The van der Waals surface area contributed by atoms with Gasteiger partial charge in [0.25, 0.3) is 0 Å². The van der Waals surface area contributed by atoms with E-state index in [1.807, 2.05) is 0 Å². The third-order valence-corrected chi connectivity index (χ3v) is 2.98. The number of methoxy groups -OCH3 is 1. The van der Waals surface area contributed by atoms with Crippen molar-refractivity contribution in [3.8, 4) is 0 Å². The Labute approximate surface area is 131 Å². The molecule has 0 radical (unpaired) electrons. The molecule has 3 N–H and O–H groups in total. The van der Waals surface area contributed by atoms with Crippen molar-refractivity contribution in [1.82, 2.24) is 5.32 Å². The van der Waals surface area contributed by atoms with Gasteiger partial charge < -0.3 is 15.8 Å². The Morgan fingerprint density at radius 1 is 1.35 bits per heavy atom. The number of halogens is 4. The van der Waals surface area contributed by atoms with Gasteiger partial charge in [-0.3, -0.25) is 4.79 Å². The summed E-state index contributed by atoms with van der Waals surface area (Å²) in [6.45, 7) is 0.542. The van der Waals surface area contributed by atoms with Gasteiger partial charge in [0.15, 0.2) is 0 Å². The number of hydrogen-bond donors (Lipinski definition) is 2. The predicted molar refractivity (Wildman–Crippen MR) is 77.1 cm³/mol. The van der Waals surface area contributed by atoms with Gasteiger partial charge in [-0.05, 0) is 23.8 Å². The van der Waals surface area contributed by atoms with Gasteiger partial charge in [0, 0.05) is 26.6 Å². The third kappa shape index (κ3) is 6.37. The second kappa shape index (κ2) is 8.64. The van der Waals surface area contributed by atoms with Gasteiger partial charge in [0.2, 0.25) is 5.91 Å². The molecule has 0 aliphatic carbocycles. The van der Waals surface area contributed by atoms with Crippen molar-refractivity contribution in [2.75, 3.05) is 20.2 Å². The SMILES string of the molecule is CO[C@@H](Cc1cc(F)cc(C(F)(F)F)c1)C(=O)NC/C=C/CN. The minimum atomic E-state index is -4.66. The maximum absolute atomic E-state index is 13.3. The average molecular weight is 334 g/mol. The molecule has 0 fully saturated rings. The molecule has 0 saturated heterocycles. The van der Waals surface area contributed by atoms with Gasteiger partial charge in [-0.2, -0.15) is 13.2 Å². The Morgan fingerprint density at radius 3 is 2.61 bits per heavy atom. The van der Waals surface area contributed by atoms with Crippen LogP contribution in [-0.4, -0.2) is 32.2 Å². The summed E-state index contributed by atoms with van der Waals surface area (Å²) in [6.07, 6.45) is -2.58. The van der Waals surface area contributed by atoms with E-state index in [9.17, 15) is 22.4 Å². The molecule has 23 heavy (non-hydrogen) atoms. The first-order chi connectivity index (χ1) is 10.8. The van der Waals surface area contributed by atoms with Gasteiger partial charge in [0.05, 0.1) is 5.56 Å². The topological polar surface area (TPSA) is 64.3 Å². The van der Waals surface area contributed by atoms with Crippen LogP contribution >= 0.6 is 0 Å². The van der Waals surface area contributed by atoms with Crippen molar-refractivity contribution in [2.45, 2.75) is 18.7 Å². The molecule has 4 nitrogen and oxygen atoms in total. The van der Waals surface area contributed by atoms with Crippen molar-refractivity contribution in [2.24, 2.45) is 5.73 Å². The molecule has 1 rings (SSSR count). The van der Waals surface area contributed by atoms with E-state index in [1.54, 1.807) is 12.2 Å². The van der Waals surface area contributed by atoms with Crippen LogP contribution in [0.15, 0.2) is 30.4 Å². The van der Waals surface area contributed by atoms with E-state index in [0.717, 1.165) is 12.1 Å². The Bertz CT molecular complexity index is 559. The van der Waals surface area contributed by atoms with Crippen molar-refractivity contribution < 1.29 is 27.1 Å². The molecule has 0 heterocycles. The number of amides is 1. The normalized spacial score (nSPS) is 13.3. The van der Waals surface area contributed by atoms with Gasteiger partial charge in [-0.1, -0.05) is 12.2 Å². The first kappa shape index (κ1) is 19.1. The van der Waals surface area contributed by atoms with Gasteiger partial charge in [0.1, 0.15) is 11.9 Å². The van der Waals surface area contributed by atoms with Crippen LogP contribution in [0.25, 0.3) is 0 Å². The maximum Gasteiger partial charge on any atom is 0.416 e. The lowest BCUT2D eigenvalue weighted by Crippen LogP contribution is -2.37. The monoisotopic (exact) mass is 334 g/mol. The number of hydrogen-bond acceptors (Lipinski definition) is 3. The van der Waals surface area contributed by atoms with E-state index in [0.29, 0.717) is 12.6 Å². The number of rotatable bonds is 7. The number of alkyl halides is 3. The molecule has 0 saturated carbocycles. The van der Waals surface area contributed by atoms with Crippen LogP contribution in [0.2, 0.25) is 0 Å². The first-order valence-corrected chi connectivity index (χ1v) is 6.80. The Balaban J connectivity index is 2.81. The highest BCUT2D eigenvalue weighted by molar-refractivity contribution is 5.81. The molecule has 1 amide bonds. The van der Waals surface area contributed by atoms with E-state index >= 15 is 0 Å². The summed E-state index contributed by atoms with van der Waals surface area (Å²) in [5.74, 6) is -1.53. The fourth-order valence-corrected chi connectivity index (χ4v) is 1.88. The zero-order valence-corrected chi connectivity index (χ0v) is 12.5. The number of ether oxygens (including phenoxy) is 1. The Kier molecular flexibility index (Phi) is 7.18. The standard InChI is InChI=1S/C15H18F4N2O2/c1-23-13(14(22)21-5-3-2-4-20)8-10-6-11(15(17,18)19)9-12(16)7-10/h2-3,6-7,9,13H,4-5,8,20H2,1H3,(H,21,22)/b3-2+/t13-/m0/s1. The molecule has 0 aliphatic rings. The van der Waals surface area contributed by atoms with Crippen LogP contribution in [0.4, 0.5) is 17.6 Å². The van der Waals surface area contributed by atoms with Crippen molar-refractivity contribution in [3.63, 3.8) is 0 Å². The lowest BCUT2D eigenvalue weighted by atomic mass is 10.0. The largest absolute Gasteiger partial charge is 0.416 e. The van der Waals surface area contributed by atoms with E-state index in [2.05, 4.69) is 5.32 Å². The Hall–Kier alpha value is -1.93. The number of carbonyl (C=O) groups is 1. The summed E-state index contributed by atoms with van der Waals surface area (Å²) in [7, 11) is 1.25. The lowest BCUT2D eigenvalue weighted by Gasteiger charge is -2.16. The second-order valence-corrected chi connectivity index (χ2v) is 4.73. The summed E-state index contributed by atoms with van der Waals surface area (Å²) in [6, 6.07) is 2.16. The molecule has 1 aromatic rings. The average Bonchev–Trinajstić information content (AvgIpc) is 2.47. The minimum Gasteiger partial charge on any atom is -0.371 e. The molecule has 1 aromatic carbocycles. The summed E-state index contributed by atoms with van der Waals surface area (Å²) in [5.41, 5.74) is 4.17. The van der Waals surface area contributed by atoms with E-state index in [1.165, 1.54) is 7.11 Å². The fraction of sp³-hybridized carbons (Fsp3) is 0.400. The van der Waals surface area contributed by atoms with Crippen LogP contribution in [0.3, 0.4) is 0 Å². The molecule has 1 atom stereocenters. The van der Waals surface area contributed by atoms with Crippen LogP contribution in [-0.2, 0) is 22.1 Å². The highest BCUT2D eigenvalue weighted by Crippen LogP contribution is 2.30. The van der Waals surface area contributed by atoms with Crippen molar-refractivity contribution in [3.05, 3.63) is 47.3 Å². The number of benzene rings is 1. The van der Waals surface area contributed by atoms with Gasteiger partial charge in [-0.25, -0.2) is 4.39 Å². The number of nitrogens with one attached hydrogen (secondary N) is 1. The van der Waals surface area contributed by atoms with Crippen molar-refractivity contribution >= 4 is 5.91 Å². The minimum absolute atomic E-state index is 0.0248. The lowest BCUT2D eigenvalue weighted by molar-refractivity contribution is -0.137. The Morgan fingerprint density at radius 2 is 2.04 bits per heavy atom. The highest BCUT2D eigenvalue weighted by atomic mass is 19.4. The molecule has 8 heteroatoms. The molecule has 128 valence electrons. The molecule has 0 bridgehead atoms. The molecule has 0 aliphatic heterocycles. The predicted octanol–water partition coefficient (Wildman–Crippen LogP) is 2.03. The summed E-state index contributed by atoms with van der Waals surface area (Å²) < 4.78 is 56.3. The summed E-state index contributed by atoms with van der Waals surface area (Å²) >= 11 is 0. The molecular weight excluding hydrogens is 316 g/mol. The quantitative estimate of drug-likeness (QED) is 0.592. The molecule has 0 aromatic heterocycles. The summed E-state index contributed by atoms with van der Waals surface area (Å²) in [4.78, 5) is 11.9. The molecular formula is C15H18F4N2O2. The number of carbonyl (C=O) groups excluding carboxylic acids is 1. The van der Waals surface area contributed by atoms with Crippen LogP contribution in [0, 0.1) is 5.82 Å². The zero-order valence-electron chi connectivity index (χ0n) is 12.5. The van der Waals surface area contributed by atoms with E-state index < -0.39 is 29.6 Å². The summed E-state index contributed by atoms with van der Waals surface area (Å²) in [5, 5.41) is 2.53. The molecule has 0 unspecified atom stereocenters. The maximum atomic E-state index is 13.3. The highest BCUT2D eigenvalue weighted by Gasteiger charge is 2.31. The van der Waals surface area contributed by atoms with E-state index in [4.69, 9.17) is 10.5 Å². The third-order valence-electron chi connectivity index (χ3n) is 2.98. The zero-order chi connectivity index (χ0) is 17.5. The van der Waals surface area contributed by atoms with E-state index in [-0.39, 0.29) is 18.5 Å². The van der Waals surface area contributed by atoms with Crippen molar-refractivity contribution in [1.29, 1.82) is 0 Å². The van der Waals surface area contributed by atoms with Crippen LogP contribution in [0.5, 0.6) is 0 Å². The smallest absolute Gasteiger partial charge is 0.371 e. The second-order valence-electron chi connectivity index (χ2n) is 4.73. The van der Waals surface area contributed by atoms with Crippen LogP contribution < -0.4 is 11.1 Å². The van der Waals surface area contributed by atoms with Gasteiger partial charge >= 0.3 is 6.18 Å².